The van der Waals surface area contributed by atoms with Gasteiger partial charge in [-0.05, 0) is 38.6 Å². The summed E-state index contributed by atoms with van der Waals surface area (Å²) in [7, 11) is 5.14. The van der Waals surface area contributed by atoms with E-state index in [1.165, 1.54) is 0 Å². The Morgan fingerprint density at radius 1 is 1.43 bits per heavy atom. The maximum absolute atomic E-state index is 12.3. The number of anilines is 2. The topological polar surface area (TPSA) is 76.8 Å². The van der Waals surface area contributed by atoms with Crippen LogP contribution in [0.1, 0.15) is 13.3 Å². The standard InChI is InChI=1S/C15H25N3O3/c1-11(18(2)8-5-9-20-3)15(19)17-13-10-12(16)6-7-14(13)21-4/h6-7,10-11H,5,8-9,16H2,1-4H3,(H,17,19). The molecule has 6 nitrogen and oxygen atoms in total. The number of nitrogens with two attached hydrogens (primary N) is 1. The molecule has 6 heteroatoms. The van der Waals surface area contributed by atoms with E-state index >= 15 is 0 Å². The van der Waals surface area contributed by atoms with Gasteiger partial charge in [-0.15, -0.1) is 0 Å². The Hall–Kier alpha value is -1.79. The van der Waals surface area contributed by atoms with Gasteiger partial charge in [0.25, 0.3) is 0 Å². The molecule has 1 rings (SSSR count). The first-order valence-corrected chi connectivity index (χ1v) is 6.93. The molecule has 3 N–H and O–H groups in total. The number of nitrogens with one attached hydrogen (secondary N) is 1. The Balaban J connectivity index is 2.65. The van der Waals surface area contributed by atoms with Crippen LogP contribution in [0.5, 0.6) is 5.75 Å². The molecule has 118 valence electrons. The van der Waals surface area contributed by atoms with Crippen LogP contribution >= 0.6 is 0 Å². The third-order valence-electron chi connectivity index (χ3n) is 3.38. The first-order chi connectivity index (χ1) is 9.99. The van der Waals surface area contributed by atoms with Gasteiger partial charge in [-0.25, -0.2) is 0 Å². The average molecular weight is 295 g/mol. The molecule has 0 radical (unpaired) electrons. The van der Waals surface area contributed by atoms with Crippen LogP contribution < -0.4 is 15.8 Å². The molecule has 21 heavy (non-hydrogen) atoms. The van der Waals surface area contributed by atoms with Crippen molar-refractivity contribution in [3.8, 4) is 5.75 Å². The molecule has 0 aliphatic carbocycles. The molecule has 0 saturated carbocycles. The Morgan fingerprint density at radius 3 is 2.76 bits per heavy atom. The molecule has 0 bridgehead atoms. The molecule has 1 aromatic carbocycles. The van der Waals surface area contributed by atoms with Gasteiger partial charge in [-0.2, -0.15) is 0 Å². The van der Waals surface area contributed by atoms with Crippen LogP contribution in [0.3, 0.4) is 0 Å². The molecule has 1 aromatic rings. The van der Waals surface area contributed by atoms with Crippen LogP contribution in [0.25, 0.3) is 0 Å². The van der Waals surface area contributed by atoms with Gasteiger partial charge >= 0.3 is 0 Å². The van der Waals surface area contributed by atoms with Crippen LogP contribution in [-0.4, -0.2) is 51.3 Å². The summed E-state index contributed by atoms with van der Waals surface area (Å²) in [5.74, 6) is 0.491. The monoisotopic (exact) mass is 295 g/mol. The Kier molecular flexibility index (Phi) is 6.98. The van der Waals surface area contributed by atoms with E-state index in [-0.39, 0.29) is 11.9 Å². The zero-order chi connectivity index (χ0) is 15.8. The number of methoxy groups -OCH3 is 2. The number of carbonyl (C=O) groups is 1. The molecule has 0 aliphatic rings. The summed E-state index contributed by atoms with van der Waals surface area (Å²) >= 11 is 0. The zero-order valence-electron chi connectivity index (χ0n) is 13.2. The fourth-order valence-electron chi connectivity index (χ4n) is 1.91. The number of ether oxygens (including phenoxy) is 2. The highest BCUT2D eigenvalue weighted by Crippen LogP contribution is 2.26. The van der Waals surface area contributed by atoms with Crippen molar-refractivity contribution in [1.29, 1.82) is 0 Å². The molecule has 1 unspecified atom stereocenters. The number of benzene rings is 1. The van der Waals surface area contributed by atoms with Crippen LogP contribution in [0.2, 0.25) is 0 Å². The van der Waals surface area contributed by atoms with Crippen molar-refractivity contribution < 1.29 is 14.3 Å². The largest absolute Gasteiger partial charge is 0.495 e. The number of hydrogen-bond acceptors (Lipinski definition) is 5. The van der Waals surface area contributed by atoms with Crippen molar-refractivity contribution in [2.75, 3.05) is 45.5 Å². The summed E-state index contributed by atoms with van der Waals surface area (Å²) in [4.78, 5) is 14.3. The van der Waals surface area contributed by atoms with E-state index in [4.69, 9.17) is 15.2 Å². The van der Waals surface area contributed by atoms with E-state index in [0.717, 1.165) is 13.0 Å². The summed E-state index contributed by atoms with van der Waals surface area (Å²) in [6, 6.07) is 4.90. The highest BCUT2D eigenvalue weighted by molar-refractivity contribution is 5.96. The zero-order valence-corrected chi connectivity index (χ0v) is 13.2. The Bertz CT molecular complexity index is 465. The number of amides is 1. The minimum atomic E-state index is -0.256. The van der Waals surface area contributed by atoms with Crippen molar-refractivity contribution in [2.24, 2.45) is 0 Å². The van der Waals surface area contributed by atoms with Gasteiger partial charge in [-0.3, -0.25) is 9.69 Å². The van der Waals surface area contributed by atoms with Crippen molar-refractivity contribution in [3.63, 3.8) is 0 Å². The molecule has 1 amide bonds. The summed E-state index contributed by atoms with van der Waals surface area (Å²) in [5.41, 5.74) is 6.90. The van der Waals surface area contributed by atoms with E-state index in [0.29, 0.717) is 23.7 Å². The van der Waals surface area contributed by atoms with Crippen molar-refractivity contribution in [2.45, 2.75) is 19.4 Å². The summed E-state index contributed by atoms with van der Waals surface area (Å²) in [6.45, 7) is 3.33. The summed E-state index contributed by atoms with van der Waals surface area (Å²) in [5, 5.41) is 2.86. The van der Waals surface area contributed by atoms with Crippen LogP contribution in [0, 0.1) is 0 Å². The van der Waals surface area contributed by atoms with Gasteiger partial charge in [0.15, 0.2) is 0 Å². The highest BCUT2D eigenvalue weighted by Gasteiger charge is 2.19. The predicted molar refractivity (Wildman–Crippen MR) is 84.6 cm³/mol. The van der Waals surface area contributed by atoms with Gasteiger partial charge in [0.05, 0.1) is 18.8 Å². The van der Waals surface area contributed by atoms with Crippen LogP contribution in [0.15, 0.2) is 18.2 Å². The first kappa shape index (κ1) is 17.3. The van der Waals surface area contributed by atoms with E-state index in [1.54, 1.807) is 32.4 Å². The average Bonchev–Trinajstić information content (AvgIpc) is 2.46. The van der Waals surface area contributed by atoms with Gasteiger partial charge < -0.3 is 20.5 Å². The molecular formula is C15H25N3O3. The second-order valence-corrected chi connectivity index (χ2v) is 4.95. The lowest BCUT2D eigenvalue weighted by Crippen LogP contribution is -2.40. The SMILES string of the molecule is COCCCN(C)C(C)C(=O)Nc1cc(N)ccc1OC. The van der Waals surface area contributed by atoms with E-state index in [2.05, 4.69) is 5.32 Å². The van der Waals surface area contributed by atoms with Gasteiger partial charge in [-0.1, -0.05) is 0 Å². The molecule has 0 fully saturated rings. The quantitative estimate of drug-likeness (QED) is 0.562. The fourth-order valence-corrected chi connectivity index (χ4v) is 1.91. The first-order valence-electron chi connectivity index (χ1n) is 6.93. The molecule has 0 aliphatic heterocycles. The molecule has 0 spiro atoms. The van der Waals surface area contributed by atoms with E-state index < -0.39 is 0 Å². The minimum Gasteiger partial charge on any atom is -0.495 e. The van der Waals surface area contributed by atoms with Gasteiger partial charge in [0.1, 0.15) is 5.75 Å². The van der Waals surface area contributed by atoms with Crippen LogP contribution in [-0.2, 0) is 9.53 Å². The smallest absolute Gasteiger partial charge is 0.241 e. The molecule has 0 saturated heterocycles. The fraction of sp³-hybridized carbons (Fsp3) is 0.533. The third kappa shape index (κ3) is 5.24. The van der Waals surface area contributed by atoms with Crippen LogP contribution in [0.4, 0.5) is 11.4 Å². The normalized spacial score (nSPS) is 12.2. The number of rotatable bonds is 8. The van der Waals surface area contributed by atoms with Gasteiger partial charge in [0.2, 0.25) is 5.91 Å². The minimum absolute atomic E-state index is 0.0983. The molecule has 1 atom stereocenters. The number of nitrogens with zero attached hydrogens (tertiary/aromatic N) is 1. The number of carbonyl (C=O) groups excluding carboxylic acids is 1. The van der Waals surface area contributed by atoms with Crippen molar-refractivity contribution in [1.82, 2.24) is 4.90 Å². The molecular weight excluding hydrogens is 270 g/mol. The maximum atomic E-state index is 12.3. The summed E-state index contributed by atoms with van der Waals surface area (Å²) < 4.78 is 10.2. The summed E-state index contributed by atoms with van der Waals surface area (Å²) in [6.07, 6.45) is 0.881. The maximum Gasteiger partial charge on any atom is 0.241 e. The Morgan fingerprint density at radius 2 is 2.14 bits per heavy atom. The highest BCUT2D eigenvalue weighted by atomic mass is 16.5. The lowest BCUT2D eigenvalue weighted by molar-refractivity contribution is -0.120. The second-order valence-electron chi connectivity index (χ2n) is 4.95. The van der Waals surface area contributed by atoms with Gasteiger partial charge in [0, 0.05) is 25.9 Å². The van der Waals surface area contributed by atoms with Crippen molar-refractivity contribution >= 4 is 17.3 Å². The predicted octanol–water partition coefficient (Wildman–Crippen LogP) is 1.57. The Labute approximate surface area is 126 Å². The third-order valence-corrected chi connectivity index (χ3v) is 3.38. The molecule has 0 heterocycles. The van der Waals surface area contributed by atoms with E-state index in [9.17, 15) is 4.79 Å². The van der Waals surface area contributed by atoms with E-state index in [1.807, 2.05) is 18.9 Å². The number of nitrogen functional groups attached to an aromatic ring is 1. The number of hydrogen-bond donors (Lipinski definition) is 2. The second kappa shape index (κ2) is 8.49. The molecule has 0 aromatic heterocycles. The lowest BCUT2D eigenvalue weighted by atomic mass is 10.2. The lowest BCUT2D eigenvalue weighted by Gasteiger charge is -2.24. The number of likely N-dealkylation sites (N-methyl/N-ethyl adjacent to an activating group) is 1. The van der Waals surface area contributed by atoms with Crippen molar-refractivity contribution in [3.05, 3.63) is 18.2 Å².